The van der Waals surface area contributed by atoms with Crippen LogP contribution in [0.1, 0.15) is 206 Å². The summed E-state index contributed by atoms with van der Waals surface area (Å²) in [7, 11) is 0. The van der Waals surface area contributed by atoms with E-state index < -0.39 is 0 Å². The minimum atomic E-state index is -0.301. The van der Waals surface area contributed by atoms with E-state index in [0.717, 1.165) is 31.3 Å². The van der Waals surface area contributed by atoms with Gasteiger partial charge in [-0.05, 0) is 133 Å². The molecule has 0 aromatic heterocycles. The first kappa shape index (κ1) is 64.1. The second-order valence-electron chi connectivity index (χ2n) is 22.4. The number of ketones is 1. The van der Waals surface area contributed by atoms with Gasteiger partial charge in [-0.1, -0.05) is 89.5 Å². The zero-order valence-electron chi connectivity index (χ0n) is 42.7. The average molecular weight is 806 g/mol. The second-order valence-corrected chi connectivity index (χ2v) is 22.4. The van der Waals surface area contributed by atoms with Crippen LogP contribution in [0.3, 0.4) is 0 Å². The summed E-state index contributed by atoms with van der Waals surface area (Å²) in [6.45, 7) is 57.7. The number of ether oxygens (including phenoxy) is 5. The molecule has 0 atom stereocenters. The summed E-state index contributed by atoms with van der Waals surface area (Å²) in [6, 6.07) is 0. The van der Waals surface area contributed by atoms with Gasteiger partial charge in [-0.15, -0.1) is 0 Å². The van der Waals surface area contributed by atoms with E-state index in [-0.39, 0.29) is 58.1 Å². The van der Waals surface area contributed by atoms with Gasteiger partial charge in [0.1, 0.15) is 6.61 Å². The molecular formula is C48H103NO7. The molecule has 1 N–H and O–H groups in total. The monoisotopic (exact) mass is 806 g/mol. The van der Waals surface area contributed by atoms with Crippen molar-refractivity contribution in [1.29, 1.82) is 0 Å². The van der Waals surface area contributed by atoms with Gasteiger partial charge >= 0.3 is 0 Å². The maximum absolute atomic E-state index is 11.5. The van der Waals surface area contributed by atoms with Crippen molar-refractivity contribution in [1.82, 2.24) is 5.32 Å². The lowest BCUT2D eigenvalue weighted by molar-refractivity contribution is -0.128. The maximum Gasteiger partial charge on any atom is 0.225 e. The van der Waals surface area contributed by atoms with E-state index in [9.17, 15) is 9.59 Å². The molecule has 56 heavy (non-hydrogen) atoms. The molecule has 8 nitrogen and oxygen atoms in total. The molecular weight excluding hydrogens is 703 g/mol. The molecule has 0 aliphatic rings. The predicted octanol–water partition coefficient (Wildman–Crippen LogP) is 12.9. The highest BCUT2D eigenvalue weighted by Gasteiger charge is 2.20. The summed E-state index contributed by atoms with van der Waals surface area (Å²) >= 11 is 0. The van der Waals surface area contributed by atoms with Crippen LogP contribution in [0.2, 0.25) is 0 Å². The lowest BCUT2D eigenvalue weighted by Crippen LogP contribution is -2.35. The molecule has 0 saturated heterocycles. The Hall–Kier alpha value is -1.06. The van der Waals surface area contributed by atoms with Gasteiger partial charge in [0.15, 0.2) is 5.78 Å². The summed E-state index contributed by atoms with van der Waals surface area (Å²) in [4.78, 5) is 22.4. The van der Waals surface area contributed by atoms with Crippen molar-refractivity contribution in [2.75, 3.05) is 39.6 Å². The Kier molecular flexibility index (Phi) is 36.4. The summed E-state index contributed by atoms with van der Waals surface area (Å²) in [5.41, 5.74) is 0.0700. The predicted molar refractivity (Wildman–Crippen MR) is 244 cm³/mol. The molecule has 0 aromatic rings. The van der Waals surface area contributed by atoms with E-state index in [1.54, 1.807) is 0 Å². The second kappa shape index (κ2) is 31.8. The fourth-order valence-corrected chi connectivity index (χ4v) is 3.35. The highest BCUT2D eigenvalue weighted by molar-refractivity contribution is 5.81. The Morgan fingerprint density at radius 2 is 0.857 bits per heavy atom. The standard InChI is InChI=1S/C12H25NO2.C10H22O2.C9H20O.C9H20.C8H16O2/c1-11(2,3)10(14)13-8-7-9-15-12(4,5)6;1-9(2,3)11-7-8-12-10(4,5)6;1-8(2)6-7-10-9(3,4)5;1-8(2)6-7-9(3,4)5;1-6(2)8(9)5-10-7(3)4/h7-9H2,1-6H3,(H,13,14);7-8H2,1-6H3;8H,6-7H2,1-5H3;8H,6-7H2,1-5H3;6-7H,5H2,1-4H3. The van der Waals surface area contributed by atoms with Crippen LogP contribution in [-0.2, 0) is 33.3 Å². The molecule has 0 aliphatic heterocycles. The normalized spacial score (nSPS) is 12.5. The number of hydrogen-bond donors (Lipinski definition) is 1. The first-order valence-electron chi connectivity index (χ1n) is 21.7. The SMILES string of the molecule is CC(C)(C)OCCCNC(=O)C(C)(C)C.CC(C)(C)OCCOC(C)(C)C.CC(C)CCC(C)(C)C.CC(C)CCOC(C)(C)C.CC(C)OCC(=O)C(C)C. The van der Waals surface area contributed by atoms with Crippen LogP contribution in [0.25, 0.3) is 0 Å². The largest absolute Gasteiger partial charge is 0.376 e. The third kappa shape index (κ3) is 70.7. The van der Waals surface area contributed by atoms with Crippen molar-refractivity contribution in [2.24, 2.45) is 28.6 Å². The van der Waals surface area contributed by atoms with Gasteiger partial charge in [0.25, 0.3) is 0 Å². The average Bonchev–Trinajstić information content (AvgIpc) is 2.95. The third-order valence-corrected chi connectivity index (χ3v) is 6.88. The van der Waals surface area contributed by atoms with Crippen molar-refractivity contribution in [3.8, 4) is 0 Å². The number of rotatable bonds is 16. The molecule has 0 heterocycles. The van der Waals surface area contributed by atoms with Gasteiger partial charge in [0.2, 0.25) is 5.91 Å². The van der Waals surface area contributed by atoms with Gasteiger partial charge in [0, 0.05) is 31.1 Å². The Morgan fingerprint density at radius 1 is 0.500 bits per heavy atom. The maximum atomic E-state index is 11.5. The van der Waals surface area contributed by atoms with Crippen molar-refractivity contribution < 1.29 is 33.3 Å². The third-order valence-electron chi connectivity index (χ3n) is 6.88. The summed E-state index contributed by atoms with van der Waals surface area (Å²) < 4.78 is 27.2. The highest BCUT2D eigenvalue weighted by Crippen LogP contribution is 2.23. The lowest BCUT2D eigenvalue weighted by Gasteiger charge is -2.23. The van der Waals surface area contributed by atoms with Gasteiger partial charge in [0.05, 0.1) is 41.7 Å². The van der Waals surface area contributed by atoms with Crippen LogP contribution in [0.4, 0.5) is 0 Å². The van der Waals surface area contributed by atoms with E-state index in [1.165, 1.54) is 12.8 Å². The molecule has 0 aliphatic carbocycles. The topological polar surface area (TPSA) is 92.3 Å². The molecule has 0 unspecified atom stereocenters. The van der Waals surface area contributed by atoms with E-state index >= 15 is 0 Å². The number of nitrogens with one attached hydrogen (secondary N) is 1. The first-order valence-corrected chi connectivity index (χ1v) is 21.7. The van der Waals surface area contributed by atoms with Crippen LogP contribution in [0.15, 0.2) is 0 Å². The first-order chi connectivity index (χ1) is 24.7. The van der Waals surface area contributed by atoms with E-state index in [4.69, 9.17) is 23.7 Å². The van der Waals surface area contributed by atoms with Crippen LogP contribution in [0, 0.1) is 28.6 Å². The molecule has 1 amide bonds. The Labute approximate surface area is 351 Å². The smallest absolute Gasteiger partial charge is 0.225 e. The van der Waals surface area contributed by atoms with E-state index in [1.807, 2.05) is 111 Å². The van der Waals surface area contributed by atoms with E-state index in [2.05, 4.69) is 74.6 Å². The number of carbonyl (C=O) groups is 2. The molecule has 0 rings (SSSR count). The quantitative estimate of drug-likeness (QED) is 0.155. The van der Waals surface area contributed by atoms with Gasteiger partial charge in [-0.25, -0.2) is 0 Å². The van der Waals surface area contributed by atoms with Gasteiger partial charge in [-0.2, -0.15) is 0 Å². The van der Waals surface area contributed by atoms with Crippen molar-refractivity contribution in [2.45, 2.75) is 234 Å². The Morgan fingerprint density at radius 3 is 1.12 bits per heavy atom. The Balaban J connectivity index is -0.000000196. The van der Waals surface area contributed by atoms with Crippen molar-refractivity contribution in [3.05, 3.63) is 0 Å². The summed E-state index contributed by atoms with van der Waals surface area (Å²) in [5, 5.41) is 2.89. The number of amides is 1. The molecule has 0 fully saturated rings. The molecule has 8 heteroatoms. The van der Waals surface area contributed by atoms with Crippen LogP contribution < -0.4 is 5.32 Å². The van der Waals surface area contributed by atoms with E-state index in [0.29, 0.717) is 31.8 Å². The van der Waals surface area contributed by atoms with Crippen molar-refractivity contribution in [3.63, 3.8) is 0 Å². The highest BCUT2D eigenvalue weighted by atomic mass is 16.5. The zero-order valence-corrected chi connectivity index (χ0v) is 42.7. The zero-order chi connectivity index (χ0) is 45.8. The Bertz CT molecular complexity index is 898. The number of hydrogen-bond acceptors (Lipinski definition) is 7. The van der Waals surface area contributed by atoms with Crippen LogP contribution in [-0.4, -0.2) is 79.8 Å². The summed E-state index contributed by atoms with van der Waals surface area (Å²) in [5.74, 6) is 1.98. The molecule has 0 radical (unpaired) electrons. The lowest BCUT2D eigenvalue weighted by atomic mass is 9.88. The summed E-state index contributed by atoms with van der Waals surface area (Å²) in [6.07, 6.45) is 4.90. The molecule has 342 valence electrons. The van der Waals surface area contributed by atoms with Gasteiger partial charge in [-0.3, -0.25) is 9.59 Å². The van der Waals surface area contributed by atoms with Gasteiger partial charge < -0.3 is 29.0 Å². The molecule has 0 spiro atoms. The van der Waals surface area contributed by atoms with Crippen LogP contribution >= 0.6 is 0 Å². The fraction of sp³-hybridized carbons (Fsp3) is 0.958. The number of Topliss-reactive ketones (excluding diaryl/α,β-unsaturated/α-hetero) is 1. The van der Waals surface area contributed by atoms with Crippen molar-refractivity contribution >= 4 is 11.7 Å². The minimum Gasteiger partial charge on any atom is -0.376 e. The number of carbonyl (C=O) groups excluding carboxylic acids is 2. The molecule has 0 aromatic carbocycles. The van der Waals surface area contributed by atoms with Crippen LogP contribution in [0.5, 0.6) is 0 Å². The molecule has 0 saturated carbocycles. The molecule has 0 bridgehead atoms. The minimum absolute atomic E-state index is 0.0366. The fourth-order valence-electron chi connectivity index (χ4n) is 3.35.